The van der Waals surface area contributed by atoms with Crippen LogP contribution in [-0.2, 0) is 6.61 Å². The first-order valence-corrected chi connectivity index (χ1v) is 6.49. The van der Waals surface area contributed by atoms with Crippen molar-refractivity contribution >= 4 is 33.8 Å². The Balaban J connectivity index is 2.20. The zero-order chi connectivity index (χ0) is 13.0. The van der Waals surface area contributed by atoms with Crippen LogP contribution in [0.4, 0.5) is 0 Å². The van der Waals surface area contributed by atoms with E-state index in [-0.39, 0.29) is 0 Å². The summed E-state index contributed by atoms with van der Waals surface area (Å²) in [6.07, 6.45) is 0.732. The number of benzene rings is 2. The van der Waals surface area contributed by atoms with Gasteiger partial charge in [-0.25, -0.2) is 0 Å². The first-order chi connectivity index (χ1) is 8.72. The third kappa shape index (κ3) is 2.92. The van der Waals surface area contributed by atoms with Crippen LogP contribution in [0.15, 0.2) is 46.9 Å². The Bertz CT molecular complexity index is 555. The predicted molar refractivity (Wildman–Crippen MR) is 75.3 cm³/mol. The summed E-state index contributed by atoms with van der Waals surface area (Å²) in [6, 6.07) is 13.1. The molecule has 0 amide bonds. The molecule has 0 aliphatic carbocycles. The van der Waals surface area contributed by atoms with Crippen molar-refractivity contribution in [3.63, 3.8) is 0 Å². The Kier molecular flexibility index (Phi) is 4.39. The number of hydrogen-bond acceptors (Lipinski definition) is 2. The first kappa shape index (κ1) is 13.1. The Morgan fingerprint density at radius 1 is 1.17 bits per heavy atom. The molecule has 2 rings (SSSR count). The van der Waals surface area contributed by atoms with Crippen molar-refractivity contribution in [1.29, 1.82) is 0 Å². The third-order valence-electron chi connectivity index (χ3n) is 2.45. The largest absolute Gasteiger partial charge is 0.488 e. The van der Waals surface area contributed by atoms with Gasteiger partial charge in [-0.05, 0) is 33.6 Å². The van der Waals surface area contributed by atoms with Crippen LogP contribution >= 0.6 is 27.5 Å². The van der Waals surface area contributed by atoms with Gasteiger partial charge in [-0.2, -0.15) is 0 Å². The first-order valence-electron chi connectivity index (χ1n) is 5.32. The van der Waals surface area contributed by atoms with E-state index in [1.54, 1.807) is 12.1 Å². The van der Waals surface area contributed by atoms with Crippen molar-refractivity contribution in [3.05, 3.63) is 63.1 Å². The molecule has 0 unspecified atom stereocenters. The molecular formula is C14H10BrClO2. The summed E-state index contributed by atoms with van der Waals surface area (Å²) in [6.45, 7) is 0.412. The summed E-state index contributed by atoms with van der Waals surface area (Å²) in [5.74, 6) is 0.519. The minimum absolute atomic E-state index is 0.412. The van der Waals surface area contributed by atoms with Gasteiger partial charge in [0.05, 0.1) is 15.1 Å². The highest BCUT2D eigenvalue weighted by Gasteiger charge is 2.10. The highest BCUT2D eigenvalue weighted by Crippen LogP contribution is 2.32. The molecule has 0 spiro atoms. The van der Waals surface area contributed by atoms with E-state index in [0.717, 1.165) is 11.8 Å². The molecule has 0 bridgehead atoms. The lowest BCUT2D eigenvalue weighted by molar-refractivity contribution is 0.111. The molecule has 0 saturated heterocycles. The molecule has 92 valence electrons. The summed E-state index contributed by atoms with van der Waals surface area (Å²) >= 11 is 9.19. The molecule has 0 aliphatic rings. The molecule has 2 nitrogen and oxygen atoms in total. The molecule has 0 saturated carbocycles. The van der Waals surface area contributed by atoms with Crippen LogP contribution in [0.25, 0.3) is 0 Å². The molecule has 0 N–H and O–H groups in total. The number of hydrogen-bond donors (Lipinski definition) is 0. The summed E-state index contributed by atoms with van der Waals surface area (Å²) in [4.78, 5) is 11.0. The van der Waals surface area contributed by atoms with Crippen LogP contribution in [0.1, 0.15) is 15.9 Å². The van der Waals surface area contributed by atoms with Crippen LogP contribution in [0.3, 0.4) is 0 Å². The Hall–Kier alpha value is -1.32. The van der Waals surface area contributed by atoms with Crippen molar-refractivity contribution in [2.24, 2.45) is 0 Å². The van der Waals surface area contributed by atoms with Crippen LogP contribution in [0, 0.1) is 0 Å². The van der Waals surface area contributed by atoms with Crippen molar-refractivity contribution in [3.8, 4) is 5.75 Å². The molecule has 18 heavy (non-hydrogen) atoms. The zero-order valence-corrected chi connectivity index (χ0v) is 11.7. The molecule has 0 atom stereocenters. The van der Waals surface area contributed by atoms with Gasteiger partial charge in [0.25, 0.3) is 0 Å². The number of halogens is 2. The fourth-order valence-corrected chi connectivity index (χ4v) is 2.11. The monoisotopic (exact) mass is 324 g/mol. The van der Waals surface area contributed by atoms with E-state index in [0.29, 0.717) is 27.4 Å². The molecule has 0 aromatic heterocycles. The summed E-state index contributed by atoms with van der Waals surface area (Å²) in [7, 11) is 0. The standard InChI is InChI=1S/C14H10BrClO2/c15-14-11(8-17)13(7-6-12(14)16)18-9-10-4-2-1-3-5-10/h1-8H,9H2. The minimum atomic E-state index is 0.412. The van der Waals surface area contributed by atoms with Gasteiger partial charge in [-0.3, -0.25) is 4.79 Å². The van der Waals surface area contributed by atoms with Gasteiger partial charge < -0.3 is 4.74 Å². The van der Waals surface area contributed by atoms with E-state index in [1.807, 2.05) is 30.3 Å². The Morgan fingerprint density at radius 3 is 2.56 bits per heavy atom. The van der Waals surface area contributed by atoms with Gasteiger partial charge in [0.15, 0.2) is 6.29 Å². The SMILES string of the molecule is O=Cc1c(OCc2ccccc2)ccc(Cl)c1Br. The number of carbonyl (C=O) groups excluding carboxylic acids is 1. The fourth-order valence-electron chi connectivity index (χ4n) is 1.52. The topological polar surface area (TPSA) is 26.3 Å². The summed E-state index contributed by atoms with van der Waals surface area (Å²) in [5, 5.41) is 0.490. The van der Waals surface area contributed by atoms with E-state index >= 15 is 0 Å². The van der Waals surface area contributed by atoms with E-state index < -0.39 is 0 Å². The molecular weight excluding hydrogens is 316 g/mol. The van der Waals surface area contributed by atoms with Gasteiger partial charge >= 0.3 is 0 Å². The van der Waals surface area contributed by atoms with Crippen LogP contribution in [-0.4, -0.2) is 6.29 Å². The number of rotatable bonds is 4. The maximum Gasteiger partial charge on any atom is 0.154 e. The van der Waals surface area contributed by atoms with Crippen molar-refractivity contribution in [2.75, 3.05) is 0 Å². The summed E-state index contributed by atoms with van der Waals surface area (Å²) in [5.41, 5.74) is 1.47. The number of ether oxygens (including phenoxy) is 1. The highest BCUT2D eigenvalue weighted by molar-refractivity contribution is 9.10. The third-order valence-corrected chi connectivity index (χ3v) is 3.85. The lowest BCUT2D eigenvalue weighted by atomic mass is 10.2. The molecule has 2 aromatic rings. The minimum Gasteiger partial charge on any atom is -0.488 e. The van der Waals surface area contributed by atoms with Crippen LogP contribution < -0.4 is 4.74 Å². The fraction of sp³-hybridized carbons (Fsp3) is 0.0714. The normalized spacial score (nSPS) is 10.1. The maximum atomic E-state index is 11.0. The quantitative estimate of drug-likeness (QED) is 0.774. The van der Waals surface area contributed by atoms with E-state index in [2.05, 4.69) is 15.9 Å². The predicted octanol–water partition coefficient (Wildman–Crippen LogP) is 4.49. The zero-order valence-electron chi connectivity index (χ0n) is 9.40. The second-order valence-corrected chi connectivity index (χ2v) is 4.87. The molecule has 0 aliphatic heterocycles. The molecule has 2 aromatic carbocycles. The van der Waals surface area contributed by atoms with E-state index in [1.165, 1.54) is 0 Å². The lowest BCUT2D eigenvalue weighted by Crippen LogP contribution is -1.99. The second kappa shape index (κ2) is 6.03. The van der Waals surface area contributed by atoms with Gasteiger partial charge in [-0.15, -0.1) is 0 Å². The molecule has 0 fully saturated rings. The summed E-state index contributed by atoms with van der Waals surface area (Å²) < 4.78 is 6.19. The maximum absolute atomic E-state index is 11.0. The van der Waals surface area contributed by atoms with Crippen molar-refractivity contribution in [1.82, 2.24) is 0 Å². The van der Waals surface area contributed by atoms with E-state index in [4.69, 9.17) is 16.3 Å². The Labute approximate surface area is 119 Å². The molecule has 0 radical (unpaired) electrons. The molecule has 4 heteroatoms. The van der Waals surface area contributed by atoms with Crippen LogP contribution in [0.5, 0.6) is 5.75 Å². The average molecular weight is 326 g/mol. The van der Waals surface area contributed by atoms with Crippen molar-refractivity contribution in [2.45, 2.75) is 6.61 Å². The number of aldehydes is 1. The van der Waals surface area contributed by atoms with Gasteiger partial charge in [0.2, 0.25) is 0 Å². The second-order valence-electron chi connectivity index (χ2n) is 3.67. The van der Waals surface area contributed by atoms with E-state index in [9.17, 15) is 4.79 Å². The molecule has 0 heterocycles. The highest BCUT2D eigenvalue weighted by atomic mass is 79.9. The van der Waals surface area contributed by atoms with Gasteiger partial charge in [0.1, 0.15) is 12.4 Å². The van der Waals surface area contributed by atoms with Crippen LogP contribution in [0.2, 0.25) is 5.02 Å². The Morgan fingerprint density at radius 2 is 1.89 bits per heavy atom. The van der Waals surface area contributed by atoms with Gasteiger partial charge in [0, 0.05) is 0 Å². The smallest absolute Gasteiger partial charge is 0.154 e. The lowest BCUT2D eigenvalue weighted by Gasteiger charge is -2.10. The number of carbonyl (C=O) groups is 1. The average Bonchev–Trinajstić information content (AvgIpc) is 2.41. The van der Waals surface area contributed by atoms with Gasteiger partial charge in [-0.1, -0.05) is 41.9 Å². The van der Waals surface area contributed by atoms with Crippen molar-refractivity contribution < 1.29 is 9.53 Å².